The second-order valence-corrected chi connectivity index (χ2v) is 7.91. The monoisotopic (exact) mass is 529 g/mol. The van der Waals surface area contributed by atoms with Crippen molar-refractivity contribution in [2.45, 2.75) is 73.6 Å². The summed E-state index contributed by atoms with van der Waals surface area (Å²) in [5, 5.41) is -4.50. The van der Waals surface area contributed by atoms with E-state index in [9.17, 15) is 65.5 Å². The average Bonchev–Trinajstić information content (AvgIpc) is 2.56. The molecular formula is C14H20F13NO3S. The number of rotatable bonds is 11. The molecule has 0 bridgehead atoms. The lowest BCUT2D eigenvalue weighted by molar-refractivity contribution is -0.390. The number of halogens is 13. The van der Waals surface area contributed by atoms with Crippen molar-refractivity contribution in [2.75, 3.05) is 14.1 Å². The maximum Gasteiger partial charge on any atom is 0.438 e. The van der Waals surface area contributed by atoms with Gasteiger partial charge in [0.2, 0.25) is 0 Å². The number of nitrogens with one attached hydrogen (secondary N) is 1. The SMILES string of the molecule is CNC.O=S(=O)(O)C(F)(F)C(F)(F)C(F)(F)C(F)(F)C(F)(F)CCCCCCC(F)(F)F. The van der Waals surface area contributed by atoms with Gasteiger partial charge in [-0.05, 0) is 26.9 Å². The van der Waals surface area contributed by atoms with Gasteiger partial charge in [0.15, 0.2) is 0 Å². The van der Waals surface area contributed by atoms with Crippen LogP contribution in [0.5, 0.6) is 0 Å². The van der Waals surface area contributed by atoms with Gasteiger partial charge < -0.3 is 5.32 Å². The first-order chi connectivity index (χ1) is 13.9. The lowest BCUT2D eigenvalue weighted by atomic mass is 9.94. The van der Waals surface area contributed by atoms with Crippen LogP contribution in [0.4, 0.5) is 57.1 Å². The summed E-state index contributed by atoms with van der Waals surface area (Å²) in [7, 11) is -3.67. The normalized spacial score (nSPS) is 14.8. The van der Waals surface area contributed by atoms with Gasteiger partial charge in [-0.1, -0.05) is 12.8 Å². The first-order valence-corrected chi connectivity index (χ1v) is 9.82. The summed E-state index contributed by atoms with van der Waals surface area (Å²) >= 11 is 0. The Hall–Kier alpha value is -1.04. The van der Waals surface area contributed by atoms with Crippen LogP contribution in [0.15, 0.2) is 0 Å². The van der Waals surface area contributed by atoms with Crippen molar-refractivity contribution in [2.24, 2.45) is 0 Å². The van der Waals surface area contributed by atoms with Crippen LogP contribution in [0, 0.1) is 0 Å². The minimum absolute atomic E-state index is 0.478. The second-order valence-electron chi connectivity index (χ2n) is 6.45. The molecule has 0 aromatic carbocycles. The highest BCUT2D eigenvalue weighted by molar-refractivity contribution is 7.87. The van der Waals surface area contributed by atoms with E-state index in [2.05, 4.69) is 5.32 Å². The molecule has 2 N–H and O–H groups in total. The summed E-state index contributed by atoms with van der Waals surface area (Å²) in [4.78, 5) is 0. The fourth-order valence-corrected chi connectivity index (χ4v) is 2.41. The Kier molecular flexibility index (Phi) is 11.3. The Morgan fingerprint density at radius 3 is 1.28 bits per heavy atom. The molecule has 32 heavy (non-hydrogen) atoms. The van der Waals surface area contributed by atoms with Crippen LogP contribution in [0.2, 0.25) is 0 Å². The van der Waals surface area contributed by atoms with Crippen LogP contribution in [-0.4, -0.2) is 62.2 Å². The van der Waals surface area contributed by atoms with Gasteiger partial charge in [-0.15, -0.1) is 0 Å². The second kappa shape index (κ2) is 10.9. The molecule has 0 amide bonds. The largest absolute Gasteiger partial charge is 0.438 e. The highest BCUT2D eigenvalue weighted by Crippen LogP contribution is 2.58. The zero-order valence-corrected chi connectivity index (χ0v) is 17.1. The van der Waals surface area contributed by atoms with Crippen molar-refractivity contribution in [1.82, 2.24) is 5.32 Å². The summed E-state index contributed by atoms with van der Waals surface area (Å²) in [6, 6.07) is 0. The van der Waals surface area contributed by atoms with E-state index in [1.807, 2.05) is 14.1 Å². The fourth-order valence-electron chi connectivity index (χ4n) is 1.95. The average molecular weight is 529 g/mol. The summed E-state index contributed by atoms with van der Waals surface area (Å²) < 4.78 is 196. The molecule has 0 aromatic heterocycles. The molecule has 0 fully saturated rings. The van der Waals surface area contributed by atoms with E-state index < -0.39 is 83.8 Å². The van der Waals surface area contributed by atoms with Crippen molar-refractivity contribution in [3.05, 3.63) is 0 Å². The lowest BCUT2D eigenvalue weighted by Crippen LogP contribution is -2.68. The maximum atomic E-state index is 13.4. The summed E-state index contributed by atoms with van der Waals surface area (Å²) in [5.41, 5.74) is 0. The molecule has 196 valence electrons. The Bertz CT molecular complexity index is 678. The molecule has 0 aliphatic heterocycles. The molecule has 4 nitrogen and oxygen atoms in total. The van der Waals surface area contributed by atoms with E-state index in [1.54, 1.807) is 0 Å². The van der Waals surface area contributed by atoms with Crippen LogP contribution in [0.1, 0.15) is 38.5 Å². The molecule has 18 heteroatoms. The summed E-state index contributed by atoms with van der Waals surface area (Å²) in [6.07, 6.45) is -11.2. The van der Waals surface area contributed by atoms with Crippen LogP contribution in [0.25, 0.3) is 0 Å². The third-order valence-electron chi connectivity index (χ3n) is 3.64. The van der Waals surface area contributed by atoms with Crippen LogP contribution >= 0.6 is 0 Å². The van der Waals surface area contributed by atoms with Crippen molar-refractivity contribution in [3.63, 3.8) is 0 Å². The van der Waals surface area contributed by atoms with Gasteiger partial charge in [0.05, 0.1) is 0 Å². The Balaban J connectivity index is 0. The van der Waals surface area contributed by atoms with Gasteiger partial charge >= 0.3 is 45.2 Å². The number of unbranched alkanes of at least 4 members (excludes halogenated alkanes) is 3. The van der Waals surface area contributed by atoms with Crippen LogP contribution in [0.3, 0.4) is 0 Å². The van der Waals surface area contributed by atoms with Gasteiger partial charge in [-0.25, -0.2) is 0 Å². The molecule has 0 heterocycles. The van der Waals surface area contributed by atoms with E-state index >= 15 is 0 Å². The van der Waals surface area contributed by atoms with E-state index in [-0.39, 0.29) is 0 Å². The van der Waals surface area contributed by atoms with Gasteiger partial charge in [-0.2, -0.15) is 65.5 Å². The summed E-state index contributed by atoms with van der Waals surface area (Å²) in [5.74, 6) is -28.6. The van der Waals surface area contributed by atoms with Crippen LogP contribution < -0.4 is 5.32 Å². The molecular weight excluding hydrogens is 509 g/mol. The minimum atomic E-state index is -7.66. The van der Waals surface area contributed by atoms with Gasteiger partial charge in [0.25, 0.3) is 0 Å². The fraction of sp³-hybridized carbons (Fsp3) is 1.00. The molecule has 0 atom stereocenters. The Morgan fingerprint density at radius 2 is 0.969 bits per heavy atom. The van der Waals surface area contributed by atoms with Crippen molar-refractivity contribution in [1.29, 1.82) is 0 Å². The first kappa shape index (κ1) is 33.1. The van der Waals surface area contributed by atoms with E-state index in [4.69, 9.17) is 4.55 Å². The van der Waals surface area contributed by atoms with E-state index in [1.165, 1.54) is 0 Å². The molecule has 0 aromatic rings. The third kappa shape index (κ3) is 7.50. The van der Waals surface area contributed by atoms with Crippen LogP contribution in [-0.2, 0) is 10.1 Å². The molecule has 0 radical (unpaired) electrons. The molecule has 0 aliphatic rings. The standard InChI is InChI=1S/C12H13F13O3S.C2H7N/c13-7(14,5-3-1-2-4-6-8(15,16)17)9(18,19)10(20,21)11(22,23)12(24,25)29(26,27)28;1-3-2/h1-6H2,(H,26,27,28);3H,1-2H3. The molecule has 0 aliphatic carbocycles. The molecule has 0 rings (SSSR count). The molecule has 0 spiro atoms. The number of alkyl halides is 13. The van der Waals surface area contributed by atoms with Gasteiger partial charge in [0.1, 0.15) is 0 Å². The zero-order chi connectivity index (χ0) is 26.4. The quantitative estimate of drug-likeness (QED) is 0.203. The number of hydrogen-bond donors (Lipinski definition) is 2. The topological polar surface area (TPSA) is 66.4 Å². The minimum Gasteiger partial charge on any atom is -0.323 e. The number of hydrogen-bond acceptors (Lipinski definition) is 3. The highest BCUT2D eigenvalue weighted by atomic mass is 32.2. The third-order valence-corrected chi connectivity index (χ3v) is 4.54. The molecule has 0 saturated heterocycles. The molecule has 0 saturated carbocycles. The van der Waals surface area contributed by atoms with Gasteiger partial charge in [-0.3, -0.25) is 4.55 Å². The van der Waals surface area contributed by atoms with E-state index in [0.717, 1.165) is 0 Å². The zero-order valence-electron chi connectivity index (χ0n) is 16.3. The first-order valence-electron chi connectivity index (χ1n) is 8.38. The lowest BCUT2D eigenvalue weighted by Gasteiger charge is -2.38. The predicted molar refractivity (Wildman–Crippen MR) is 85.0 cm³/mol. The predicted octanol–water partition coefficient (Wildman–Crippen LogP) is 5.75. The Labute approximate surface area is 174 Å². The Morgan fingerprint density at radius 1 is 0.625 bits per heavy atom. The highest BCUT2D eigenvalue weighted by Gasteiger charge is 2.88. The maximum absolute atomic E-state index is 13.4. The van der Waals surface area contributed by atoms with Gasteiger partial charge in [0, 0.05) is 12.8 Å². The van der Waals surface area contributed by atoms with Crippen molar-refractivity contribution < 1.29 is 70.0 Å². The smallest absolute Gasteiger partial charge is 0.323 e. The molecule has 0 unspecified atom stereocenters. The van der Waals surface area contributed by atoms with E-state index in [0.29, 0.717) is 0 Å². The van der Waals surface area contributed by atoms with Crippen molar-refractivity contribution >= 4 is 10.1 Å². The summed E-state index contributed by atoms with van der Waals surface area (Å²) in [6.45, 7) is 0. The van der Waals surface area contributed by atoms with Crippen molar-refractivity contribution in [3.8, 4) is 0 Å².